The number of allylic oxidation sites excluding steroid dienone is 4. The molecule has 0 aromatic rings. The molecule has 0 aliphatic heterocycles. The molecule has 0 bridgehead atoms. The summed E-state index contributed by atoms with van der Waals surface area (Å²) < 4.78 is 6.07. The van der Waals surface area contributed by atoms with Gasteiger partial charge >= 0.3 is 0 Å². The van der Waals surface area contributed by atoms with Gasteiger partial charge in [-0.15, -0.1) is 0 Å². The van der Waals surface area contributed by atoms with Crippen LogP contribution < -0.4 is 0 Å². The van der Waals surface area contributed by atoms with E-state index in [1.54, 1.807) is 0 Å². The molecule has 0 amide bonds. The molecule has 1 unspecified atom stereocenters. The predicted octanol–water partition coefficient (Wildman–Crippen LogP) is 5.40. The molecule has 0 saturated heterocycles. The summed E-state index contributed by atoms with van der Waals surface area (Å²) in [5.74, 6) is 0.829. The fourth-order valence-corrected chi connectivity index (χ4v) is 2.12. The van der Waals surface area contributed by atoms with Crippen molar-refractivity contribution < 1.29 is 4.74 Å². The Labute approximate surface area is 113 Å². The van der Waals surface area contributed by atoms with E-state index in [1.165, 1.54) is 25.7 Å². The van der Waals surface area contributed by atoms with Crippen molar-refractivity contribution in [2.45, 2.75) is 65.9 Å². The molecule has 102 valence electrons. The molecule has 0 radical (unpaired) electrons. The molecular formula is C17H28O. The largest absolute Gasteiger partial charge is 0.491 e. The summed E-state index contributed by atoms with van der Waals surface area (Å²) in [5, 5.41) is 0. The zero-order valence-electron chi connectivity index (χ0n) is 12.5. The van der Waals surface area contributed by atoms with Crippen LogP contribution in [0.15, 0.2) is 36.1 Å². The zero-order chi connectivity index (χ0) is 13.6. The van der Waals surface area contributed by atoms with Crippen molar-refractivity contribution in [3.63, 3.8) is 0 Å². The van der Waals surface area contributed by atoms with Crippen LogP contribution in [0.1, 0.15) is 59.8 Å². The summed E-state index contributed by atoms with van der Waals surface area (Å²) in [7, 11) is 0. The van der Waals surface area contributed by atoms with Gasteiger partial charge in [0.25, 0.3) is 0 Å². The summed E-state index contributed by atoms with van der Waals surface area (Å²) >= 11 is 0. The Bertz CT molecular complexity index is 332. The van der Waals surface area contributed by atoms with Crippen LogP contribution >= 0.6 is 0 Å². The SMILES string of the molecule is C=C(OC(CCC)CC1(C)CC1)/C(C)=C\C=C/C. The summed E-state index contributed by atoms with van der Waals surface area (Å²) in [6.07, 6.45) is 12.6. The van der Waals surface area contributed by atoms with Gasteiger partial charge in [0, 0.05) is 0 Å². The third-order valence-electron chi connectivity index (χ3n) is 3.72. The monoisotopic (exact) mass is 248 g/mol. The van der Waals surface area contributed by atoms with E-state index in [2.05, 4.69) is 33.4 Å². The van der Waals surface area contributed by atoms with Crippen molar-refractivity contribution in [3.05, 3.63) is 36.1 Å². The van der Waals surface area contributed by atoms with Gasteiger partial charge in [0.05, 0.1) is 6.10 Å². The highest BCUT2D eigenvalue weighted by atomic mass is 16.5. The Hall–Kier alpha value is -0.980. The molecule has 0 spiro atoms. The molecule has 1 aliphatic carbocycles. The van der Waals surface area contributed by atoms with Crippen LogP contribution in [0.25, 0.3) is 0 Å². The van der Waals surface area contributed by atoms with Gasteiger partial charge in [0.15, 0.2) is 0 Å². The van der Waals surface area contributed by atoms with Gasteiger partial charge in [-0.3, -0.25) is 0 Å². The van der Waals surface area contributed by atoms with E-state index in [1.807, 2.05) is 19.1 Å². The van der Waals surface area contributed by atoms with E-state index < -0.39 is 0 Å². The van der Waals surface area contributed by atoms with Crippen LogP contribution in [0.3, 0.4) is 0 Å². The van der Waals surface area contributed by atoms with Gasteiger partial charge < -0.3 is 4.74 Å². The van der Waals surface area contributed by atoms with Crippen LogP contribution in [-0.2, 0) is 4.74 Å². The Balaban J connectivity index is 2.51. The minimum absolute atomic E-state index is 0.337. The minimum atomic E-state index is 0.337. The second-order valence-electron chi connectivity index (χ2n) is 5.84. The topological polar surface area (TPSA) is 9.23 Å². The predicted molar refractivity (Wildman–Crippen MR) is 79.5 cm³/mol. The van der Waals surface area contributed by atoms with Crippen molar-refractivity contribution in [3.8, 4) is 0 Å². The highest BCUT2D eigenvalue weighted by Crippen LogP contribution is 2.49. The third kappa shape index (κ3) is 5.12. The van der Waals surface area contributed by atoms with E-state index in [0.29, 0.717) is 11.5 Å². The minimum Gasteiger partial charge on any atom is -0.491 e. The van der Waals surface area contributed by atoms with Gasteiger partial charge in [-0.2, -0.15) is 0 Å². The normalized spacial score (nSPS) is 19.9. The first-order valence-electron chi connectivity index (χ1n) is 7.16. The first kappa shape index (κ1) is 15.1. The molecule has 18 heavy (non-hydrogen) atoms. The molecule has 0 aromatic heterocycles. The smallest absolute Gasteiger partial charge is 0.115 e. The lowest BCUT2D eigenvalue weighted by atomic mass is 9.98. The van der Waals surface area contributed by atoms with E-state index in [9.17, 15) is 0 Å². The summed E-state index contributed by atoms with van der Waals surface area (Å²) in [6, 6.07) is 0. The van der Waals surface area contributed by atoms with E-state index in [-0.39, 0.29) is 0 Å². The second-order valence-corrected chi connectivity index (χ2v) is 5.84. The lowest BCUT2D eigenvalue weighted by Gasteiger charge is -2.23. The summed E-state index contributed by atoms with van der Waals surface area (Å²) in [4.78, 5) is 0. The van der Waals surface area contributed by atoms with Gasteiger partial charge in [-0.05, 0) is 50.5 Å². The van der Waals surface area contributed by atoms with E-state index >= 15 is 0 Å². The Kier molecular flexibility index (Phi) is 5.71. The van der Waals surface area contributed by atoms with Crippen LogP contribution in [0.5, 0.6) is 0 Å². The standard InChI is InChI=1S/C17H28O/c1-6-8-10-14(3)15(4)18-16(9-7-2)13-17(5)11-12-17/h6,8,10,16H,4,7,9,11-13H2,1-3,5H3/b8-6-,14-10-. The van der Waals surface area contributed by atoms with Crippen molar-refractivity contribution in [2.24, 2.45) is 5.41 Å². The zero-order valence-corrected chi connectivity index (χ0v) is 12.5. The molecule has 1 rings (SSSR count). The highest BCUT2D eigenvalue weighted by molar-refractivity contribution is 5.25. The van der Waals surface area contributed by atoms with E-state index in [4.69, 9.17) is 4.74 Å². The van der Waals surface area contributed by atoms with Gasteiger partial charge in [-0.1, -0.05) is 45.1 Å². The number of hydrogen-bond acceptors (Lipinski definition) is 1. The average molecular weight is 248 g/mol. The maximum Gasteiger partial charge on any atom is 0.115 e. The van der Waals surface area contributed by atoms with Crippen LogP contribution in [0, 0.1) is 5.41 Å². The van der Waals surface area contributed by atoms with Gasteiger partial charge in [-0.25, -0.2) is 0 Å². The first-order valence-corrected chi connectivity index (χ1v) is 7.16. The molecule has 1 heteroatoms. The van der Waals surface area contributed by atoms with Gasteiger partial charge in [0.1, 0.15) is 5.76 Å². The fraction of sp³-hybridized carbons (Fsp3) is 0.647. The molecule has 0 N–H and O–H groups in total. The summed E-state index contributed by atoms with van der Waals surface area (Å²) in [5.41, 5.74) is 1.66. The van der Waals surface area contributed by atoms with Crippen LogP contribution in [0.4, 0.5) is 0 Å². The van der Waals surface area contributed by atoms with Crippen molar-refractivity contribution in [1.29, 1.82) is 0 Å². The first-order chi connectivity index (χ1) is 8.50. The number of rotatable bonds is 8. The molecule has 1 fully saturated rings. The average Bonchev–Trinajstić information content (AvgIpc) is 3.03. The van der Waals surface area contributed by atoms with Gasteiger partial charge in [0.2, 0.25) is 0 Å². The number of hydrogen-bond donors (Lipinski definition) is 0. The lowest BCUT2D eigenvalue weighted by Crippen LogP contribution is -2.17. The van der Waals surface area contributed by atoms with Crippen LogP contribution in [0.2, 0.25) is 0 Å². The van der Waals surface area contributed by atoms with Crippen molar-refractivity contribution >= 4 is 0 Å². The number of ether oxygens (including phenoxy) is 1. The second kappa shape index (κ2) is 6.82. The molecule has 1 atom stereocenters. The molecule has 1 nitrogen and oxygen atoms in total. The maximum absolute atomic E-state index is 6.07. The molecule has 1 saturated carbocycles. The Morgan fingerprint density at radius 3 is 2.61 bits per heavy atom. The Morgan fingerprint density at radius 1 is 1.44 bits per heavy atom. The quantitative estimate of drug-likeness (QED) is 0.413. The molecule has 0 heterocycles. The fourth-order valence-electron chi connectivity index (χ4n) is 2.12. The Morgan fingerprint density at radius 2 is 2.11 bits per heavy atom. The van der Waals surface area contributed by atoms with E-state index in [0.717, 1.165) is 17.8 Å². The lowest BCUT2D eigenvalue weighted by molar-refractivity contribution is 0.0885. The molecular weight excluding hydrogens is 220 g/mol. The van der Waals surface area contributed by atoms with Crippen molar-refractivity contribution in [2.75, 3.05) is 0 Å². The highest BCUT2D eigenvalue weighted by Gasteiger charge is 2.39. The van der Waals surface area contributed by atoms with Crippen molar-refractivity contribution in [1.82, 2.24) is 0 Å². The van der Waals surface area contributed by atoms with Crippen LogP contribution in [-0.4, -0.2) is 6.10 Å². The molecule has 1 aliphatic rings. The maximum atomic E-state index is 6.07. The molecule has 0 aromatic carbocycles. The summed E-state index contributed by atoms with van der Waals surface area (Å²) in [6.45, 7) is 12.7. The third-order valence-corrected chi connectivity index (χ3v) is 3.72.